The molecule has 1 aromatic heterocycles. The number of aromatic nitrogens is 2. The van der Waals surface area contributed by atoms with E-state index in [4.69, 9.17) is 5.11 Å². The summed E-state index contributed by atoms with van der Waals surface area (Å²) in [5.41, 5.74) is 0.756. The highest BCUT2D eigenvalue weighted by Gasteiger charge is 2.20. The molecule has 0 fully saturated rings. The lowest BCUT2D eigenvalue weighted by Gasteiger charge is -2.20. The van der Waals surface area contributed by atoms with Gasteiger partial charge in [0.05, 0.1) is 5.56 Å². The summed E-state index contributed by atoms with van der Waals surface area (Å²) in [4.78, 5) is 31.8. The molecule has 2 rings (SSSR count). The van der Waals surface area contributed by atoms with E-state index in [1.54, 1.807) is 30.3 Å². The summed E-state index contributed by atoms with van der Waals surface area (Å²) < 4.78 is 0. The lowest BCUT2D eigenvalue weighted by molar-refractivity contribution is -0.135. The number of carboxylic acid groups (broad SMARTS) is 1. The average molecular weight is 257 g/mol. The highest BCUT2D eigenvalue weighted by molar-refractivity contribution is 6.07. The van der Waals surface area contributed by atoms with Crippen LogP contribution in [-0.2, 0) is 4.79 Å². The summed E-state index contributed by atoms with van der Waals surface area (Å²) in [6.07, 6.45) is 4.01. The molecule has 0 aliphatic rings. The van der Waals surface area contributed by atoms with Gasteiger partial charge in [0.2, 0.25) is 0 Å². The van der Waals surface area contributed by atoms with Crippen LogP contribution >= 0.6 is 0 Å². The standard InChI is InChI=1S/C13H11N3O3/c17-12(18)8-16(11-4-2-1-3-5-11)13(19)10-6-14-9-15-7-10/h1-7,9H,8H2,(H,17,18). The molecule has 0 radical (unpaired) electrons. The van der Waals surface area contributed by atoms with Crippen molar-refractivity contribution in [3.05, 3.63) is 54.6 Å². The number of hydrogen-bond acceptors (Lipinski definition) is 4. The number of para-hydroxylation sites is 1. The number of carboxylic acids is 1. The normalized spacial score (nSPS) is 9.89. The smallest absolute Gasteiger partial charge is 0.323 e. The van der Waals surface area contributed by atoms with Crippen molar-refractivity contribution in [2.75, 3.05) is 11.4 Å². The molecule has 1 heterocycles. The molecule has 1 aromatic carbocycles. The van der Waals surface area contributed by atoms with E-state index in [2.05, 4.69) is 9.97 Å². The maximum atomic E-state index is 12.3. The number of nitrogens with zero attached hydrogens (tertiary/aromatic N) is 3. The van der Waals surface area contributed by atoms with Crippen LogP contribution in [0.15, 0.2) is 49.1 Å². The minimum atomic E-state index is -1.09. The Morgan fingerprint density at radius 3 is 2.32 bits per heavy atom. The van der Waals surface area contributed by atoms with Crippen LogP contribution in [0.1, 0.15) is 10.4 Å². The fraction of sp³-hybridized carbons (Fsp3) is 0.0769. The summed E-state index contributed by atoms with van der Waals surface area (Å²) >= 11 is 0. The van der Waals surface area contributed by atoms with Crippen molar-refractivity contribution in [1.82, 2.24) is 9.97 Å². The van der Waals surface area contributed by atoms with Crippen LogP contribution in [0.5, 0.6) is 0 Å². The van der Waals surface area contributed by atoms with Gasteiger partial charge in [0.25, 0.3) is 5.91 Å². The number of hydrogen-bond donors (Lipinski definition) is 1. The van der Waals surface area contributed by atoms with Gasteiger partial charge in [0.15, 0.2) is 0 Å². The first-order chi connectivity index (χ1) is 9.18. The minimum Gasteiger partial charge on any atom is -0.480 e. The van der Waals surface area contributed by atoms with Gasteiger partial charge in [-0.2, -0.15) is 0 Å². The summed E-state index contributed by atoms with van der Waals surface area (Å²) in [5, 5.41) is 8.92. The van der Waals surface area contributed by atoms with Crippen molar-refractivity contribution in [3.8, 4) is 0 Å². The Labute approximate surface area is 109 Å². The van der Waals surface area contributed by atoms with Gasteiger partial charge in [-0.15, -0.1) is 0 Å². The third-order valence-corrected chi connectivity index (χ3v) is 2.41. The first-order valence-electron chi connectivity index (χ1n) is 5.52. The predicted molar refractivity (Wildman–Crippen MR) is 67.8 cm³/mol. The second kappa shape index (κ2) is 5.72. The Morgan fingerprint density at radius 2 is 1.74 bits per heavy atom. The van der Waals surface area contributed by atoms with E-state index in [0.717, 1.165) is 0 Å². The van der Waals surface area contributed by atoms with E-state index in [0.29, 0.717) is 5.69 Å². The third kappa shape index (κ3) is 3.12. The van der Waals surface area contributed by atoms with Crippen molar-refractivity contribution in [2.24, 2.45) is 0 Å². The topological polar surface area (TPSA) is 83.4 Å². The van der Waals surface area contributed by atoms with Gasteiger partial charge >= 0.3 is 5.97 Å². The molecule has 0 spiro atoms. The van der Waals surface area contributed by atoms with E-state index >= 15 is 0 Å². The van der Waals surface area contributed by atoms with Crippen molar-refractivity contribution in [3.63, 3.8) is 0 Å². The number of amides is 1. The molecule has 6 heteroatoms. The Hall–Kier alpha value is -2.76. The first-order valence-corrected chi connectivity index (χ1v) is 5.52. The number of carbonyl (C=O) groups excluding carboxylic acids is 1. The molecule has 0 aliphatic heterocycles. The van der Waals surface area contributed by atoms with Gasteiger partial charge in [0.1, 0.15) is 12.9 Å². The van der Waals surface area contributed by atoms with Crippen LogP contribution in [0.4, 0.5) is 5.69 Å². The molecule has 0 atom stereocenters. The molecule has 0 saturated heterocycles. The predicted octanol–water partition coefficient (Wildman–Crippen LogP) is 1.21. The fourth-order valence-electron chi connectivity index (χ4n) is 1.59. The molecule has 0 aliphatic carbocycles. The van der Waals surface area contributed by atoms with E-state index < -0.39 is 18.4 Å². The zero-order valence-corrected chi connectivity index (χ0v) is 9.93. The number of aliphatic carboxylic acids is 1. The van der Waals surface area contributed by atoms with Gasteiger partial charge in [-0.3, -0.25) is 14.5 Å². The third-order valence-electron chi connectivity index (χ3n) is 2.41. The van der Waals surface area contributed by atoms with Crippen LogP contribution < -0.4 is 4.90 Å². The van der Waals surface area contributed by atoms with Crippen LogP contribution in [0.2, 0.25) is 0 Å². The summed E-state index contributed by atoms with van der Waals surface area (Å²) in [6.45, 7) is -0.419. The van der Waals surface area contributed by atoms with Crippen LogP contribution in [0, 0.1) is 0 Å². The maximum Gasteiger partial charge on any atom is 0.323 e. The van der Waals surface area contributed by atoms with Crippen molar-refractivity contribution in [1.29, 1.82) is 0 Å². The minimum absolute atomic E-state index is 0.243. The molecule has 96 valence electrons. The van der Waals surface area contributed by atoms with Gasteiger partial charge < -0.3 is 5.11 Å². The molecule has 19 heavy (non-hydrogen) atoms. The zero-order valence-electron chi connectivity index (χ0n) is 9.93. The molecule has 1 N–H and O–H groups in total. The monoisotopic (exact) mass is 257 g/mol. The fourth-order valence-corrected chi connectivity index (χ4v) is 1.59. The summed E-state index contributed by atoms with van der Waals surface area (Å²) in [6, 6.07) is 8.60. The van der Waals surface area contributed by atoms with Gasteiger partial charge in [-0.05, 0) is 12.1 Å². The first kappa shape index (κ1) is 12.7. The Kier molecular flexibility index (Phi) is 3.82. The number of rotatable bonds is 4. The molecule has 6 nitrogen and oxygen atoms in total. The highest BCUT2D eigenvalue weighted by atomic mass is 16.4. The molecule has 0 saturated carbocycles. The Balaban J connectivity index is 2.33. The molecule has 0 bridgehead atoms. The van der Waals surface area contributed by atoms with Crippen molar-refractivity contribution >= 4 is 17.6 Å². The Bertz CT molecular complexity index is 572. The second-order valence-electron chi connectivity index (χ2n) is 3.75. The summed E-state index contributed by atoms with van der Waals surface area (Å²) in [7, 11) is 0. The molecule has 1 amide bonds. The van der Waals surface area contributed by atoms with Gasteiger partial charge in [0, 0.05) is 18.1 Å². The molecule has 2 aromatic rings. The Morgan fingerprint density at radius 1 is 1.11 bits per heavy atom. The average Bonchev–Trinajstić information content (AvgIpc) is 2.46. The van der Waals surface area contributed by atoms with Crippen molar-refractivity contribution in [2.45, 2.75) is 0 Å². The SMILES string of the molecule is O=C(O)CN(C(=O)c1cncnc1)c1ccccc1. The summed E-state index contributed by atoms with van der Waals surface area (Å²) in [5.74, 6) is -1.54. The number of carbonyl (C=O) groups is 2. The highest BCUT2D eigenvalue weighted by Crippen LogP contribution is 2.15. The van der Waals surface area contributed by atoms with Crippen LogP contribution in [0.25, 0.3) is 0 Å². The van der Waals surface area contributed by atoms with E-state index in [1.165, 1.54) is 23.6 Å². The molecule has 0 unspecified atom stereocenters. The van der Waals surface area contributed by atoms with Crippen LogP contribution in [0.3, 0.4) is 0 Å². The van der Waals surface area contributed by atoms with E-state index in [1.807, 2.05) is 0 Å². The zero-order chi connectivity index (χ0) is 13.7. The van der Waals surface area contributed by atoms with Crippen molar-refractivity contribution < 1.29 is 14.7 Å². The van der Waals surface area contributed by atoms with E-state index in [9.17, 15) is 9.59 Å². The van der Waals surface area contributed by atoms with E-state index in [-0.39, 0.29) is 5.56 Å². The molecular weight excluding hydrogens is 246 g/mol. The lowest BCUT2D eigenvalue weighted by Crippen LogP contribution is -2.35. The lowest BCUT2D eigenvalue weighted by atomic mass is 10.2. The second-order valence-corrected chi connectivity index (χ2v) is 3.75. The maximum absolute atomic E-state index is 12.3. The number of benzene rings is 1. The number of anilines is 1. The largest absolute Gasteiger partial charge is 0.480 e. The quantitative estimate of drug-likeness (QED) is 0.890. The molecular formula is C13H11N3O3. The van der Waals surface area contributed by atoms with Crippen LogP contribution in [-0.4, -0.2) is 33.5 Å². The van der Waals surface area contributed by atoms with Gasteiger partial charge in [-0.25, -0.2) is 9.97 Å². The van der Waals surface area contributed by atoms with Gasteiger partial charge in [-0.1, -0.05) is 18.2 Å².